The lowest BCUT2D eigenvalue weighted by molar-refractivity contribution is -0.152. The lowest BCUT2D eigenvalue weighted by atomic mass is 10.4. The minimum Gasteiger partial charge on any atom is -0.479 e. The second-order valence-electron chi connectivity index (χ2n) is 2.86. The van der Waals surface area contributed by atoms with E-state index in [4.69, 9.17) is 9.84 Å². The van der Waals surface area contributed by atoms with Gasteiger partial charge in [-0.05, 0) is 20.8 Å². The Balaban J connectivity index is 3.89. The maximum absolute atomic E-state index is 11.3. The first-order valence-electron chi connectivity index (χ1n) is 4.65. The number of nitrogens with zero attached hydrogens (tertiary/aromatic N) is 1. The molecule has 0 aliphatic rings. The van der Waals surface area contributed by atoms with E-state index in [1.165, 1.54) is 6.92 Å². The maximum Gasteiger partial charge on any atom is 0.332 e. The molecule has 1 atom stereocenters. The van der Waals surface area contributed by atoms with Gasteiger partial charge in [-0.3, -0.25) is 4.79 Å². The molecule has 0 radical (unpaired) electrons. The summed E-state index contributed by atoms with van der Waals surface area (Å²) < 4.78 is 4.86. The summed E-state index contributed by atoms with van der Waals surface area (Å²) in [5, 5.41) is 8.50. The largest absolute Gasteiger partial charge is 0.479 e. The molecule has 1 amide bonds. The number of hydrogen-bond donors (Lipinski definition) is 1. The summed E-state index contributed by atoms with van der Waals surface area (Å²) >= 11 is 0. The third kappa shape index (κ3) is 4.23. The van der Waals surface area contributed by atoms with Gasteiger partial charge in [-0.1, -0.05) is 0 Å². The smallest absolute Gasteiger partial charge is 0.332 e. The third-order valence-corrected chi connectivity index (χ3v) is 1.92. The van der Waals surface area contributed by atoms with Crippen LogP contribution in [0, 0.1) is 0 Å². The Kier molecular flexibility index (Phi) is 5.87. The first-order chi connectivity index (χ1) is 6.52. The molecule has 0 spiro atoms. The first kappa shape index (κ1) is 12.9. The molecule has 14 heavy (non-hydrogen) atoms. The molecule has 0 aromatic heterocycles. The number of likely N-dealkylation sites (N-methyl/N-ethyl adjacent to an activating group) is 1. The summed E-state index contributed by atoms with van der Waals surface area (Å²) in [4.78, 5) is 23.3. The van der Waals surface area contributed by atoms with Crippen LogP contribution in [0.4, 0.5) is 0 Å². The summed E-state index contributed by atoms with van der Waals surface area (Å²) in [7, 11) is 0. The van der Waals surface area contributed by atoms with Gasteiger partial charge in [0.05, 0.1) is 0 Å². The van der Waals surface area contributed by atoms with Crippen molar-refractivity contribution in [2.24, 2.45) is 0 Å². The summed E-state index contributed by atoms with van der Waals surface area (Å²) in [5.74, 6) is -1.24. The number of carbonyl (C=O) groups is 2. The van der Waals surface area contributed by atoms with E-state index in [2.05, 4.69) is 0 Å². The molecular weight excluding hydrogens is 186 g/mol. The van der Waals surface area contributed by atoms with Crippen LogP contribution in [-0.2, 0) is 14.3 Å². The van der Waals surface area contributed by atoms with Crippen molar-refractivity contribution in [3.05, 3.63) is 0 Å². The van der Waals surface area contributed by atoms with Gasteiger partial charge in [0.15, 0.2) is 6.10 Å². The zero-order chi connectivity index (χ0) is 11.1. The quantitative estimate of drug-likeness (QED) is 0.676. The highest BCUT2D eigenvalue weighted by molar-refractivity contribution is 5.78. The van der Waals surface area contributed by atoms with Crippen LogP contribution in [0.1, 0.15) is 20.8 Å². The first-order valence-corrected chi connectivity index (χ1v) is 4.65. The zero-order valence-electron chi connectivity index (χ0n) is 8.82. The van der Waals surface area contributed by atoms with Crippen molar-refractivity contribution in [3.8, 4) is 0 Å². The minimum atomic E-state index is -1.06. The highest BCUT2D eigenvalue weighted by Gasteiger charge is 2.15. The lowest BCUT2D eigenvalue weighted by Gasteiger charge is -2.19. The standard InChI is InChI=1S/C9H17NO4/c1-4-10(5-2)8(11)6-14-7(3)9(12)13/h7H,4-6H2,1-3H3,(H,12,13)/t7-/m1/s1. The van der Waals surface area contributed by atoms with Crippen LogP contribution in [-0.4, -0.2) is 47.7 Å². The van der Waals surface area contributed by atoms with E-state index in [1.807, 2.05) is 13.8 Å². The average molecular weight is 203 g/mol. The highest BCUT2D eigenvalue weighted by Crippen LogP contribution is 1.94. The summed E-state index contributed by atoms with van der Waals surface area (Å²) in [5.41, 5.74) is 0. The summed E-state index contributed by atoms with van der Waals surface area (Å²) in [6.45, 7) is 6.18. The molecule has 0 fully saturated rings. The van der Waals surface area contributed by atoms with Crippen LogP contribution in [0.25, 0.3) is 0 Å². The molecule has 0 aromatic rings. The number of carbonyl (C=O) groups excluding carboxylic acids is 1. The molecular formula is C9H17NO4. The van der Waals surface area contributed by atoms with Gasteiger partial charge in [0.25, 0.3) is 0 Å². The molecule has 5 heteroatoms. The Morgan fingerprint density at radius 1 is 1.36 bits per heavy atom. The average Bonchev–Trinajstić information content (AvgIpc) is 2.15. The third-order valence-electron chi connectivity index (χ3n) is 1.92. The fraction of sp³-hybridized carbons (Fsp3) is 0.778. The number of aliphatic carboxylic acids is 1. The maximum atomic E-state index is 11.3. The van der Waals surface area contributed by atoms with Crippen molar-refractivity contribution in [2.45, 2.75) is 26.9 Å². The lowest BCUT2D eigenvalue weighted by Crippen LogP contribution is -2.35. The minimum absolute atomic E-state index is 0.171. The Hall–Kier alpha value is -1.10. The second-order valence-corrected chi connectivity index (χ2v) is 2.86. The van der Waals surface area contributed by atoms with E-state index in [0.29, 0.717) is 13.1 Å². The Labute approximate surface area is 83.6 Å². The predicted molar refractivity (Wildman–Crippen MR) is 51.0 cm³/mol. The van der Waals surface area contributed by atoms with Crippen molar-refractivity contribution in [3.63, 3.8) is 0 Å². The van der Waals surface area contributed by atoms with Gasteiger partial charge < -0.3 is 14.7 Å². The Morgan fingerprint density at radius 2 is 1.86 bits per heavy atom. The molecule has 82 valence electrons. The monoisotopic (exact) mass is 203 g/mol. The fourth-order valence-corrected chi connectivity index (χ4v) is 0.935. The number of hydrogen-bond acceptors (Lipinski definition) is 3. The van der Waals surface area contributed by atoms with Gasteiger partial charge in [-0.15, -0.1) is 0 Å². The SMILES string of the molecule is CCN(CC)C(=O)CO[C@H](C)C(=O)O. The molecule has 0 saturated carbocycles. The van der Waals surface area contributed by atoms with Gasteiger partial charge in [-0.2, -0.15) is 0 Å². The normalized spacial score (nSPS) is 12.2. The molecule has 0 bridgehead atoms. The topological polar surface area (TPSA) is 66.8 Å². The number of amides is 1. The van der Waals surface area contributed by atoms with Crippen molar-refractivity contribution < 1.29 is 19.4 Å². The molecule has 1 N–H and O–H groups in total. The van der Waals surface area contributed by atoms with Crippen LogP contribution in [0.2, 0.25) is 0 Å². The predicted octanol–water partition coefficient (Wildman–Crippen LogP) is 0.344. The molecule has 5 nitrogen and oxygen atoms in total. The van der Waals surface area contributed by atoms with E-state index in [9.17, 15) is 9.59 Å². The van der Waals surface area contributed by atoms with Gasteiger partial charge in [0.2, 0.25) is 5.91 Å². The van der Waals surface area contributed by atoms with Crippen molar-refractivity contribution in [2.75, 3.05) is 19.7 Å². The van der Waals surface area contributed by atoms with Crippen molar-refractivity contribution in [1.82, 2.24) is 4.90 Å². The fourth-order valence-electron chi connectivity index (χ4n) is 0.935. The van der Waals surface area contributed by atoms with Crippen LogP contribution < -0.4 is 0 Å². The van der Waals surface area contributed by atoms with E-state index < -0.39 is 12.1 Å². The van der Waals surface area contributed by atoms with Crippen LogP contribution in [0.3, 0.4) is 0 Å². The van der Waals surface area contributed by atoms with E-state index >= 15 is 0 Å². The molecule has 0 heterocycles. The number of carboxylic acid groups (broad SMARTS) is 1. The summed E-state index contributed by atoms with van der Waals surface area (Å²) in [6, 6.07) is 0. The van der Waals surface area contributed by atoms with Gasteiger partial charge in [0.1, 0.15) is 6.61 Å². The zero-order valence-corrected chi connectivity index (χ0v) is 8.82. The molecule has 0 aliphatic carbocycles. The van der Waals surface area contributed by atoms with Gasteiger partial charge in [0, 0.05) is 13.1 Å². The molecule has 0 rings (SSSR count). The van der Waals surface area contributed by atoms with E-state index in [-0.39, 0.29) is 12.5 Å². The number of carboxylic acids is 1. The molecule has 0 aliphatic heterocycles. The van der Waals surface area contributed by atoms with Crippen LogP contribution >= 0.6 is 0 Å². The van der Waals surface area contributed by atoms with Crippen molar-refractivity contribution in [1.29, 1.82) is 0 Å². The number of rotatable bonds is 6. The highest BCUT2D eigenvalue weighted by atomic mass is 16.5. The van der Waals surface area contributed by atoms with E-state index in [1.54, 1.807) is 4.90 Å². The molecule has 0 aromatic carbocycles. The Morgan fingerprint density at radius 3 is 2.21 bits per heavy atom. The molecule has 0 saturated heterocycles. The molecule has 0 unspecified atom stereocenters. The van der Waals surface area contributed by atoms with Gasteiger partial charge >= 0.3 is 5.97 Å². The van der Waals surface area contributed by atoms with E-state index in [0.717, 1.165) is 0 Å². The Bertz CT molecular complexity index is 201. The van der Waals surface area contributed by atoms with Crippen LogP contribution in [0.15, 0.2) is 0 Å². The number of ether oxygens (including phenoxy) is 1. The second kappa shape index (κ2) is 6.37. The summed E-state index contributed by atoms with van der Waals surface area (Å²) in [6.07, 6.45) is -0.936. The van der Waals surface area contributed by atoms with Crippen LogP contribution in [0.5, 0.6) is 0 Å². The van der Waals surface area contributed by atoms with Gasteiger partial charge in [-0.25, -0.2) is 4.79 Å². The van der Waals surface area contributed by atoms with Crippen molar-refractivity contribution >= 4 is 11.9 Å².